The SMILES string of the molecule is C=C[C@H]1OC(C)(C)O[C@H]1CCCSCc1cc(OCOC)cc(OCOC)c1C(=O)O. The van der Waals surface area contributed by atoms with Gasteiger partial charge >= 0.3 is 5.97 Å². The van der Waals surface area contributed by atoms with Crippen LogP contribution in [0, 0.1) is 0 Å². The van der Waals surface area contributed by atoms with Gasteiger partial charge in [-0.15, -0.1) is 6.58 Å². The summed E-state index contributed by atoms with van der Waals surface area (Å²) in [6, 6.07) is 3.24. The monoisotopic (exact) mass is 456 g/mol. The second-order valence-electron chi connectivity index (χ2n) is 7.43. The van der Waals surface area contributed by atoms with E-state index >= 15 is 0 Å². The summed E-state index contributed by atoms with van der Waals surface area (Å²) in [5.74, 6) is 0.336. The molecule has 1 aliphatic heterocycles. The molecule has 1 aromatic rings. The largest absolute Gasteiger partial charge is 0.478 e. The minimum Gasteiger partial charge on any atom is -0.478 e. The van der Waals surface area contributed by atoms with E-state index in [1.165, 1.54) is 20.3 Å². The topological polar surface area (TPSA) is 92.7 Å². The quantitative estimate of drug-likeness (QED) is 0.253. The molecule has 1 fully saturated rings. The van der Waals surface area contributed by atoms with E-state index in [0.717, 1.165) is 18.6 Å². The van der Waals surface area contributed by atoms with Gasteiger partial charge < -0.3 is 33.5 Å². The van der Waals surface area contributed by atoms with E-state index in [1.807, 2.05) is 13.8 Å². The molecule has 0 saturated carbocycles. The first-order valence-electron chi connectivity index (χ1n) is 10.0. The number of thioether (sulfide) groups is 1. The molecular weight excluding hydrogens is 424 g/mol. The number of ether oxygens (including phenoxy) is 6. The highest BCUT2D eigenvalue weighted by molar-refractivity contribution is 7.98. The predicted molar refractivity (Wildman–Crippen MR) is 118 cm³/mol. The molecule has 1 aliphatic rings. The highest BCUT2D eigenvalue weighted by Crippen LogP contribution is 2.33. The zero-order chi connectivity index (χ0) is 22.9. The van der Waals surface area contributed by atoms with Crippen LogP contribution in [0.15, 0.2) is 24.8 Å². The smallest absolute Gasteiger partial charge is 0.339 e. The molecule has 0 unspecified atom stereocenters. The lowest BCUT2D eigenvalue weighted by Gasteiger charge is -2.17. The zero-order valence-corrected chi connectivity index (χ0v) is 19.4. The number of carbonyl (C=O) groups is 1. The molecule has 0 amide bonds. The van der Waals surface area contributed by atoms with Crippen LogP contribution in [0.4, 0.5) is 0 Å². The Morgan fingerprint density at radius 1 is 1.23 bits per heavy atom. The number of hydrogen-bond acceptors (Lipinski definition) is 8. The van der Waals surface area contributed by atoms with Gasteiger partial charge in [-0.3, -0.25) is 0 Å². The summed E-state index contributed by atoms with van der Waals surface area (Å²) in [4.78, 5) is 11.9. The predicted octanol–water partition coefficient (Wildman–Crippen LogP) is 4.07. The van der Waals surface area contributed by atoms with E-state index in [0.29, 0.717) is 17.1 Å². The van der Waals surface area contributed by atoms with E-state index in [-0.39, 0.29) is 37.1 Å². The third kappa shape index (κ3) is 7.69. The number of carboxylic acid groups (broad SMARTS) is 1. The fraction of sp³-hybridized carbons (Fsp3) is 0.591. The van der Waals surface area contributed by atoms with Crippen LogP contribution in [0.5, 0.6) is 11.5 Å². The zero-order valence-electron chi connectivity index (χ0n) is 18.5. The third-order valence-electron chi connectivity index (χ3n) is 4.54. The van der Waals surface area contributed by atoms with Gasteiger partial charge in [0, 0.05) is 26.0 Å². The Bertz CT molecular complexity index is 736. The molecule has 0 aliphatic carbocycles. The van der Waals surface area contributed by atoms with Crippen molar-refractivity contribution in [3.8, 4) is 11.5 Å². The maximum Gasteiger partial charge on any atom is 0.339 e. The molecule has 0 spiro atoms. The molecule has 1 aromatic carbocycles. The lowest BCUT2D eigenvalue weighted by atomic mass is 10.1. The molecule has 2 atom stereocenters. The Labute approximate surface area is 187 Å². The Morgan fingerprint density at radius 3 is 2.58 bits per heavy atom. The van der Waals surface area contributed by atoms with Gasteiger partial charge in [0.2, 0.25) is 0 Å². The van der Waals surface area contributed by atoms with Gasteiger partial charge in [-0.25, -0.2) is 4.79 Å². The van der Waals surface area contributed by atoms with Crippen LogP contribution < -0.4 is 9.47 Å². The molecule has 31 heavy (non-hydrogen) atoms. The fourth-order valence-electron chi connectivity index (χ4n) is 3.30. The first-order chi connectivity index (χ1) is 14.8. The Hall–Kier alpha value is -1.78. The minimum absolute atomic E-state index is 0.0255. The van der Waals surface area contributed by atoms with Crippen LogP contribution >= 0.6 is 11.8 Å². The van der Waals surface area contributed by atoms with Gasteiger partial charge in [0.25, 0.3) is 0 Å². The van der Waals surface area contributed by atoms with Crippen LogP contribution in [0.25, 0.3) is 0 Å². The van der Waals surface area contributed by atoms with Crippen molar-refractivity contribution in [2.75, 3.05) is 33.6 Å². The van der Waals surface area contributed by atoms with Crippen molar-refractivity contribution in [3.63, 3.8) is 0 Å². The molecule has 0 bridgehead atoms. The van der Waals surface area contributed by atoms with E-state index in [2.05, 4.69) is 6.58 Å². The second-order valence-corrected chi connectivity index (χ2v) is 8.54. The summed E-state index contributed by atoms with van der Waals surface area (Å²) in [5.41, 5.74) is 0.720. The van der Waals surface area contributed by atoms with Crippen molar-refractivity contribution >= 4 is 17.7 Å². The average molecular weight is 457 g/mol. The Kier molecular flexibility index (Phi) is 10.1. The molecule has 0 radical (unpaired) electrons. The lowest BCUT2D eigenvalue weighted by molar-refractivity contribution is -0.143. The summed E-state index contributed by atoms with van der Waals surface area (Å²) in [6.45, 7) is 7.60. The summed E-state index contributed by atoms with van der Waals surface area (Å²) in [5, 5.41) is 9.73. The lowest BCUT2D eigenvalue weighted by Crippen LogP contribution is -2.21. The normalized spacial score (nSPS) is 19.9. The number of aromatic carboxylic acids is 1. The molecule has 0 aromatic heterocycles. The summed E-state index contributed by atoms with van der Waals surface area (Å²) >= 11 is 1.64. The van der Waals surface area contributed by atoms with Crippen LogP contribution in [0.3, 0.4) is 0 Å². The van der Waals surface area contributed by atoms with Crippen molar-refractivity contribution < 1.29 is 38.3 Å². The summed E-state index contributed by atoms with van der Waals surface area (Å²) < 4.78 is 32.6. The Balaban J connectivity index is 2.00. The van der Waals surface area contributed by atoms with Crippen molar-refractivity contribution in [3.05, 3.63) is 35.9 Å². The van der Waals surface area contributed by atoms with Gasteiger partial charge in [-0.2, -0.15) is 11.8 Å². The van der Waals surface area contributed by atoms with Crippen LogP contribution in [0.1, 0.15) is 42.6 Å². The number of carboxylic acids is 1. The number of benzene rings is 1. The third-order valence-corrected chi connectivity index (χ3v) is 5.63. The molecule has 9 heteroatoms. The van der Waals surface area contributed by atoms with E-state index < -0.39 is 11.8 Å². The maximum atomic E-state index is 11.9. The van der Waals surface area contributed by atoms with E-state index in [9.17, 15) is 9.90 Å². The number of rotatable bonds is 14. The van der Waals surface area contributed by atoms with Crippen LogP contribution in [0.2, 0.25) is 0 Å². The number of hydrogen-bond donors (Lipinski definition) is 1. The Morgan fingerprint density at radius 2 is 1.94 bits per heavy atom. The van der Waals surface area contributed by atoms with Gasteiger partial charge in [0.05, 0.1) is 6.10 Å². The van der Waals surface area contributed by atoms with Crippen LogP contribution in [-0.2, 0) is 24.7 Å². The van der Waals surface area contributed by atoms with E-state index in [1.54, 1.807) is 23.9 Å². The van der Waals surface area contributed by atoms with Gasteiger partial charge in [-0.05, 0) is 44.1 Å². The fourth-order valence-corrected chi connectivity index (χ4v) is 4.27. The molecule has 1 heterocycles. The number of methoxy groups -OCH3 is 2. The minimum atomic E-state index is -1.06. The first-order valence-corrected chi connectivity index (χ1v) is 11.2. The van der Waals surface area contributed by atoms with Gasteiger partial charge in [-0.1, -0.05) is 6.08 Å². The molecule has 1 saturated heterocycles. The van der Waals surface area contributed by atoms with E-state index in [4.69, 9.17) is 28.4 Å². The van der Waals surface area contributed by atoms with Crippen molar-refractivity contribution in [2.45, 2.75) is 50.4 Å². The van der Waals surface area contributed by atoms with Gasteiger partial charge in [0.1, 0.15) is 23.2 Å². The molecule has 174 valence electrons. The first kappa shape index (κ1) is 25.5. The average Bonchev–Trinajstić information content (AvgIpc) is 3.03. The van der Waals surface area contributed by atoms with Gasteiger partial charge in [0.15, 0.2) is 19.4 Å². The summed E-state index contributed by atoms with van der Waals surface area (Å²) in [7, 11) is 2.99. The molecule has 8 nitrogen and oxygen atoms in total. The molecular formula is C22H32O8S. The second kappa shape index (κ2) is 12.3. The standard InChI is InChI=1S/C22H32O8S/c1-6-17-18(30-22(2,3)29-17)8-7-9-31-12-15-10-16(27-13-25-4)11-19(28-14-26-5)20(15)21(23)24/h6,10-11,17-18H,1,7-9,12-14H2,2-5H3,(H,23,24)/t17-,18+/m1/s1. The van der Waals surface area contributed by atoms with Crippen LogP contribution in [-0.4, -0.2) is 62.6 Å². The molecule has 2 rings (SSSR count). The van der Waals surface area contributed by atoms with Crippen molar-refractivity contribution in [1.82, 2.24) is 0 Å². The highest BCUT2D eigenvalue weighted by Gasteiger charge is 2.39. The van der Waals surface area contributed by atoms with Crippen molar-refractivity contribution in [2.24, 2.45) is 0 Å². The highest BCUT2D eigenvalue weighted by atomic mass is 32.2. The molecule has 1 N–H and O–H groups in total. The van der Waals surface area contributed by atoms with Crippen molar-refractivity contribution in [1.29, 1.82) is 0 Å². The summed E-state index contributed by atoms with van der Waals surface area (Å²) in [6.07, 6.45) is 3.36. The maximum absolute atomic E-state index is 11.9.